The first-order valence-corrected chi connectivity index (χ1v) is 7.96. The normalized spacial score (nSPS) is 22.0. The van der Waals surface area contributed by atoms with Crippen LogP contribution in [0.4, 0.5) is 5.69 Å². The number of nitrogens with one attached hydrogen (secondary N) is 1. The maximum atomic E-state index is 11.6. The van der Waals surface area contributed by atoms with Crippen LogP contribution in [0.3, 0.4) is 0 Å². The van der Waals surface area contributed by atoms with E-state index >= 15 is 0 Å². The van der Waals surface area contributed by atoms with Gasteiger partial charge in [-0.25, -0.2) is 0 Å². The SMILES string of the molecule is NCC(=O)N1CCN(c2ccc(OC3CCNC3)cc2)CC1. The van der Waals surface area contributed by atoms with Crippen LogP contribution in [0.2, 0.25) is 0 Å². The van der Waals surface area contributed by atoms with Crippen LogP contribution in [-0.2, 0) is 4.79 Å². The quantitative estimate of drug-likeness (QED) is 0.821. The summed E-state index contributed by atoms with van der Waals surface area (Å²) in [6, 6.07) is 8.26. The molecule has 1 aromatic rings. The van der Waals surface area contributed by atoms with Crippen molar-refractivity contribution in [2.45, 2.75) is 12.5 Å². The van der Waals surface area contributed by atoms with Crippen LogP contribution >= 0.6 is 0 Å². The fraction of sp³-hybridized carbons (Fsp3) is 0.562. The predicted molar refractivity (Wildman–Crippen MR) is 86.2 cm³/mol. The van der Waals surface area contributed by atoms with Crippen LogP contribution in [-0.4, -0.2) is 62.7 Å². The summed E-state index contributed by atoms with van der Waals surface area (Å²) in [7, 11) is 0. The summed E-state index contributed by atoms with van der Waals surface area (Å²) >= 11 is 0. The molecule has 1 atom stereocenters. The van der Waals surface area contributed by atoms with Gasteiger partial charge >= 0.3 is 0 Å². The maximum absolute atomic E-state index is 11.6. The molecule has 6 nitrogen and oxygen atoms in total. The van der Waals surface area contributed by atoms with E-state index in [-0.39, 0.29) is 18.6 Å². The summed E-state index contributed by atoms with van der Waals surface area (Å²) < 4.78 is 5.93. The van der Waals surface area contributed by atoms with Crippen LogP contribution in [0.15, 0.2) is 24.3 Å². The molecule has 2 aliphatic heterocycles. The lowest BCUT2D eigenvalue weighted by Gasteiger charge is -2.36. The van der Waals surface area contributed by atoms with Gasteiger partial charge in [0.15, 0.2) is 0 Å². The Labute approximate surface area is 131 Å². The van der Waals surface area contributed by atoms with Crippen molar-refractivity contribution in [3.8, 4) is 5.75 Å². The number of nitrogens with two attached hydrogens (primary N) is 1. The number of carbonyl (C=O) groups excluding carboxylic acids is 1. The minimum atomic E-state index is 0.0357. The molecule has 2 fully saturated rings. The van der Waals surface area contributed by atoms with Gasteiger partial charge in [0.1, 0.15) is 11.9 Å². The smallest absolute Gasteiger partial charge is 0.236 e. The lowest BCUT2D eigenvalue weighted by molar-refractivity contribution is -0.129. The van der Waals surface area contributed by atoms with Gasteiger partial charge in [-0.3, -0.25) is 4.79 Å². The second-order valence-corrected chi connectivity index (χ2v) is 5.80. The van der Waals surface area contributed by atoms with E-state index in [1.165, 1.54) is 5.69 Å². The van der Waals surface area contributed by atoms with Crippen molar-refractivity contribution >= 4 is 11.6 Å². The summed E-state index contributed by atoms with van der Waals surface area (Å²) in [5, 5.41) is 3.30. The second-order valence-electron chi connectivity index (χ2n) is 5.80. The number of ether oxygens (including phenoxy) is 1. The molecule has 0 spiro atoms. The molecule has 0 radical (unpaired) electrons. The number of anilines is 1. The molecule has 0 aliphatic carbocycles. The Hall–Kier alpha value is -1.79. The fourth-order valence-electron chi connectivity index (χ4n) is 3.00. The molecule has 0 saturated carbocycles. The predicted octanol–water partition coefficient (Wildman–Crippen LogP) is 0.0346. The molecular formula is C16H24N4O2. The fourth-order valence-corrected chi connectivity index (χ4v) is 3.00. The van der Waals surface area contributed by atoms with Gasteiger partial charge in [-0.15, -0.1) is 0 Å². The van der Waals surface area contributed by atoms with Crippen molar-refractivity contribution in [3.63, 3.8) is 0 Å². The molecule has 0 bridgehead atoms. The minimum absolute atomic E-state index is 0.0357. The zero-order chi connectivity index (χ0) is 15.4. The van der Waals surface area contributed by atoms with Crippen molar-refractivity contribution in [2.24, 2.45) is 5.73 Å². The number of amides is 1. The number of hydrogen-bond donors (Lipinski definition) is 2. The molecule has 3 rings (SSSR count). The Balaban J connectivity index is 1.53. The first kappa shape index (κ1) is 15.1. The van der Waals surface area contributed by atoms with Crippen molar-refractivity contribution in [3.05, 3.63) is 24.3 Å². The Morgan fingerprint density at radius 3 is 2.55 bits per heavy atom. The molecule has 120 valence electrons. The van der Waals surface area contributed by atoms with Crippen molar-refractivity contribution < 1.29 is 9.53 Å². The number of benzene rings is 1. The lowest BCUT2D eigenvalue weighted by atomic mass is 10.2. The lowest BCUT2D eigenvalue weighted by Crippen LogP contribution is -2.50. The van der Waals surface area contributed by atoms with Gasteiger partial charge in [0.05, 0.1) is 6.54 Å². The highest BCUT2D eigenvalue weighted by Gasteiger charge is 2.20. The van der Waals surface area contributed by atoms with Crippen LogP contribution in [0.1, 0.15) is 6.42 Å². The highest BCUT2D eigenvalue weighted by molar-refractivity contribution is 5.78. The number of carbonyl (C=O) groups is 1. The van der Waals surface area contributed by atoms with E-state index in [2.05, 4.69) is 22.3 Å². The molecule has 22 heavy (non-hydrogen) atoms. The number of nitrogens with zero attached hydrogens (tertiary/aromatic N) is 2. The molecular weight excluding hydrogens is 280 g/mol. The van der Waals surface area contributed by atoms with Gasteiger partial charge in [0.2, 0.25) is 5.91 Å². The molecule has 2 heterocycles. The molecule has 1 amide bonds. The van der Waals surface area contributed by atoms with Crippen LogP contribution in [0.5, 0.6) is 5.75 Å². The van der Waals surface area contributed by atoms with Crippen LogP contribution in [0.25, 0.3) is 0 Å². The number of hydrogen-bond acceptors (Lipinski definition) is 5. The monoisotopic (exact) mass is 304 g/mol. The Morgan fingerprint density at radius 2 is 1.95 bits per heavy atom. The molecule has 1 aromatic carbocycles. The largest absolute Gasteiger partial charge is 0.489 e. The van der Waals surface area contributed by atoms with Gasteiger partial charge < -0.3 is 25.6 Å². The van der Waals surface area contributed by atoms with E-state index in [4.69, 9.17) is 10.5 Å². The third-order valence-electron chi connectivity index (χ3n) is 4.33. The van der Waals surface area contributed by atoms with Crippen LogP contribution < -0.4 is 20.7 Å². The third-order valence-corrected chi connectivity index (χ3v) is 4.33. The summed E-state index contributed by atoms with van der Waals surface area (Å²) in [4.78, 5) is 15.7. The molecule has 6 heteroatoms. The standard InChI is InChI=1S/C16H24N4O2/c17-11-16(21)20-9-7-19(8-10-20)13-1-3-14(4-2-13)22-15-5-6-18-12-15/h1-4,15,18H,5-12,17H2. The Kier molecular flexibility index (Phi) is 4.80. The average molecular weight is 304 g/mol. The van der Waals surface area contributed by atoms with Gasteiger partial charge in [-0.2, -0.15) is 0 Å². The second kappa shape index (κ2) is 6.98. The van der Waals surface area contributed by atoms with Gasteiger partial charge in [0, 0.05) is 38.4 Å². The number of piperazine rings is 1. The van der Waals surface area contributed by atoms with E-state index in [1.54, 1.807) is 0 Å². The third kappa shape index (κ3) is 3.51. The summed E-state index contributed by atoms with van der Waals surface area (Å²) in [6.45, 7) is 5.23. The highest BCUT2D eigenvalue weighted by Crippen LogP contribution is 2.22. The van der Waals surface area contributed by atoms with Crippen LogP contribution in [0, 0.1) is 0 Å². The van der Waals surface area contributed by atoms with E-state index in [0.717, 1.165) is 51.4 Å². The summed E-state index contributed by atoms with van der Waals surface area (Å²) in [5.74, 6) is 0.961. The summed E-state index contributed by atoms with van der Waals surface area (Å²) in [5.41, 5.74) is 6.59. The molecule has 2 saturated heterocycles. The number of rotatable bonds is 4. The first-order valence-electron chi connectivity index (χ1n) is 7.96. The molecule has 0 aromatic heterocycles. The van der Waals surface area contributed by atoms with E-state index in [9.17, 15) is 4.79 Å². The summed E-state index contributed by atoms with van der Waals surface area (Å²) in [6.07, 6.45) is 1.36. The zero-order valence-electron chi connectivity index (χ0n) is 12.8. The zero-order valence-corrected chi connectivity index (χ0v) is 12.8. The van der Waals surface area contributed by atoms with Gasteiger partial charge in [-0.1, -0.05) is 0 Å². The molecule has 2 aliphatic rings. The van der Waals surface area contributed by atoms with E-state index < -0.39 is 0 Å². The molecule has 3 N–H and O–H groups in total. The average Bonchev–Trinajstić information content (AvgIpc) is 3.08. The molecule has 1 unspecified atom stereocenters. The van der Waals surface area contributed by atoms with Gasteiger partial charge in [-0.05, 0) is 37.2 Å². The van der Waals surface area contributed by atoms with Gasteiger partial charge in [0.25, 0.3) is 0 Å². The van der Waals surface area contributed by atoms with Crippen molar-refractivity contribution in [2.75, 3.05) is 50.7 Å². The Bertz CT molecular complexity index is 491. The van der Waals surface area contributed by atoms with Crippen molar-refractivity contribution in [1.29, 1.82) is 0 Å². The topological polar surface area (TPSA) is 70.8 Å². The van der Waals surface area contributed by atoms with Crippen molar-refractivity contribution in [1.82, 2.24) is 10.2 Å². The highest BCUT2D eigenvalue weighted by atomic mass is 16.5. The van der Waals surface area contributed by atoms with E-state index in [0.29, 0.717) is 0 Å². The van der Waals surface area contributed by atoms with E-state index in [1.807, 2.05) is 17.0 Å². The maximum Gasteiger partial charge on any atom is 0.236 e. The minimum Gasteiger partial charge on any atom is -0.489 e. The first-order chi connectivity index (χ1) is 10.8. The Morgan fingerprint density at radius 1 is 1.23 bits per heavy atom.